The Morgan fingerprint density at radius 3 is 1.53 bits per heavy atom. The van der Waals surface area contributed by atoms with Gasteiger partial charge in [0.1, 0.15) is 20.4 Å². The molecule has 1 aliphatic rings. The van der Waals surface area contributed by atoms with Crippen LogP contribution in [0.1, 0.15) is 113 Å². The van der Waals surface area contributed by atoms with Crippen LogP contribution in [0.4, 0.5) is 0 Å². The van der Waals surface area contributed by atoms with E-state index in [-0.39, 0.29) is 11.0 Å². The minimum Gasteiger partial charge on any atom is -0.489 e. The molecule has 0 aromatic heterocycles. The van der Waals surface area contributed by atoms with E-state index in [4.69, 9.17) is 4.74 Å². The molecular weight excluding hydrogens is 657 g/mol. The quantitative estimate of drug-likeness (QED) is 0.0773. The highest BCUT2D eigenvalue weighted by molar-refractivity contribution is 6.94. The van der Waals surface area contributed by atoms with E-state index in [9.17, 15) is 0 Å². The van der Waals surface area contributed by atoms with Crippen LogP contribution < -0.4 is 9.92 Å². The standard InChI is InChI=1S/C51H62OSi/c1-10-15-17-37-19-23-39(24-20-37)41-27-29-43-44-30-28-42(40-25-21-38(22-26-40)18-16-11-2)35-46(44)50(45(43)34-41)53(13-4,14-5)48-33-36(6)32-47(51(7,8)9)49(48)52-31-12-3/h12,19-30,32-35,50H,3,10-11,13-18,31H2,1-2,4-9H3. The first-order chi connectivity index (χ1) is 25.6. The molecule has 0 saturated carbocycles. The fourth-order valence-corrected chi connectivity index (χ4v) is 14.1. The average molecular weight is 719 g/mol. The molecule has 0 fully saturated rings. The van der Waals surface area contributed by atoms with Crippen molar-refractivity contribution in [3.8, 4) is 39.1 Å². The van der Waals surface area contributed by atoms with Crippen LogP contribution in [0.2, 0.25) is 12.1 Å². The molecule has 0 radical (unpaired) electrons. The Morgan fingerprint density at radius 1 is 0.642 bits per heavy atom. The van der Waals surface area contributed by atoms with Gasteiger partial charge in [0.15, 0.2) is 0 Å². The Balaban J connectivity index is 1.58. The monoisotopic (exact) mass is 718 g/mol. The van der Waals surface area contributed by atoms with Crippen molar-refractivity contribution in [3.63, 3.8) is 0 Å². The van der Waals surface area contributed by atoms with Crippen LogP contribution in [0.15, 0.2) is 110 Å². The molecule has 5 aromatic rings. The summed E-state index contributed by atoms with van der Waals surface area (Å²) in [6.45, 7) is 23.3. The molecule has 0 spiro atoms. The van der Waals surface area contributed by atoms with Crippen LogP contribution in [0, 0.1) is 6.92 Å². The molecule has 2 heteroatoms. The zero-order valence-corrected chi connectivity index (χ0v) is 34.9. The van der Waals surface area contributed by atoms with Gasteiger partial charge >= 0.3 is 0 Å². The highest BCUT2D eigenvalue weighted by atomic mass is 28.3. The second kappa shape index (κ2) is 16.5. The second-order valence-electron chi connectivity index (χ2n) is 16.5. The van der Waals surface area contributed by atoms with Crippen molar-refractivity contribution >= 4 is 13.3 Å². The van der Waals surface area contributed by atoms with E-state index < -0.39 is 8.07 Å². The summed E-state index contributed by atoms with van der Waals surface area (Å²) in [5.41, 5.74) is 16.7. The van der Waals surface area contributed by atoms with Gasteiger partial charge in [0.25, 0.3) is 0 Å². The number of hydrogen-bond acceptors (Lipinski definition) is 1. The number of benzene rings is 5. The van der Waals surface area contributed by atoms with Crippen LogP contribution >= 0.6 is 0 Å². The number of aryl methyl sites for hydroxylation is 3. The van der Waals surface area contributed by atoms with Gasteiger partial charge in [-0.25, -0.2) is 0 Å². The fourth-order valence-electron chi connectivity index (χ4n) is 8.90. The third-order valence-corrected chi connectivity index (χ3v) is 17.7. The van der Waals surface area contributed by atoms with Crippen molar-refractivity contribution in [2.24, 2.45) is 0 Å². The van der Waals surface area contributed by atoms with Crippen LogP contribution in [0.3, 0.4) is 0 Å². The summed E-state index contributed by atoms with van der Waals surface area (Å²) in [5, 5.41) is 1.47. The molecule has 0 amide bonds. The molecule has 53 heavy (non-hydrogen) atoms. The van der Waals surface area contributed by atoms with Gasteiger partial charge in [-0.15, -0.1) is 0 Å². The first kappa shape index (κ1) is 38.6. The molecule has 0 aliphatic heterocycles. The van der Waals surface area contributed by atoms with Gasteiger partial charge in [-0.3, -0.25) is 0 Å². The zero-order valence-electron chi connectivity index (χ0n) is 33.9. The van der Waals surface area contributed by atoms with E-state index in [2.05, 4.69) is 159 Å². The maximum absolute atomic E-state index is 6.83. The Morgan fingerprint density at radius 2 is 1.11 bits per heavy atom. The average Bonchev–Trinajstić information content (AvgIpc) is 3.50. The van der Waals surface area contributed by atoms with Gasteiger partial charge in [-0.05, 0) is 104 Å². The smallest absolute Gasteiger partial charge is 0.122 e. The van der Waals surface area contributed by atoms with Gasteiger partial charge in [0.2, 0.25) is 0 Å². The second-order valence-corrected chi connectivity index (χ2v) is 21.4. The van der Waals surface area contributed by atoms with E-state index in [1.807, 2.05) is 6.08 Å². The van der Waals surface area contributed by atoms with Gasteiger partial charge < -0.3 is 4.74 Å². The maximum atomic E-state index is 6.83. The lowest BCUT2D eigenvalue weighted by Gasteiger charge is -2.40. The topological polar surface area (TPSA) is 9.23 Å². The van der Waals surface area contributed by atoms with Gasteiger partial charge in [0, 0.05) is 5.54 Å². The van der Waals surface area contributed by atoms with Crippen molar-refractivity contribution in [1.82, 2.24) is 0 Å². The normalized spacial score (nSPS) is 12.8. The fraction of sp³-hybridized carbons (Fsp3) is 0.373. The van der Waals surface area contributed by atoms with Crippen molar-refractivity contribution in [2.45, 2.75) is 117 Å². The molecule has 0 unspecified atom stereocenters. The Kier molecular flexibility index (Phi) is 12.0. The lowest BCUT2D eigenvalue weighted by molar-refractivity contribution is 0.353. The summed E-state index contributed by atoms with van der Waals surface area (Å²) in [5.74, 6) is 1.10. The van der Waals surface area contributed by atoms with E-state index in [1.165, 1.54) is 97.6 Å². The number of unbranched alkanes of at least 4 members (excludes halogenated alkanes) is 2. The maximum Gasteiger partial charge on any atom is 0.122 e. The summed E-state index contributed by atoms with van der Waals surface area (Å²) in [6, 6.07) is 40.5. The van der Waals surface area contributed by atoms with E-state index in [1.54, 1.807) is 0 Å². The molecule has 0 atom stereocenters. The van der Waals surface area contributed by atoms with Crippen LogP contribution in [0.5, 0.6) is 5.75 Å². The Labute approximate surface area is 322 Å². The van der Waals surface area contributed by atoms with E-state index in [0.29, 0.717) is 6.61 Å². The SMILES string of the molecule is C=CCOc1c(C(C)(C)C)cc(C)cc1[Si](CC)(CC)C1c2cc(-c3ccc(CCCC)cc3)ccc2-c2ccc(-c3ccc(CCCC)cc3)cc21. The molecule has 0 bridgehead atoms. The van der Waals surface area contributed by atoms with Crippen molar-refractivity contribution in [3.05, 3.63) is 143 Å². The lowest BCUT2D eigenvalue weighted by Crippen LogP contribution is -2.53. The minimum atomic E-state index is -2.38. The Bertz CT molecular complexity index is 1920. The summed E-state index contributed by atoms with van der Waals surface area (Å²) in [6.07, 6.45) is 9.10. The van der Waals surface area contributed by atoms with E-state index in [0.717, 1.165) is 30.7 Å². The largest absolute Gasteiger partial charge is 0.489 e. The minimum absolute atomic E-state index is 0.0582. The summed E-state index contributed by atoms with van der Waals surface area (Å²) >= 11 is 0. The van der Waals surface area contributed by atoms with Crippen LogP contribution in [0.25, 0.3) is 33.4 Å². The zero-order chi connectivity index (χ0) is 37.8. The van der Waals surface area contributed by atoms with Crippen LogP contribution in [-0.4, -0.2) is 14.7 Å². The predicted octanol–water partition coefficient (Wildman–Crippen LogP) is 13.9. The van der Waals surface area contributed by atoms with Crippen molar-refractivity contribution < 1.29 is 4.74 Å². The first-order valence-electron chi connectivity index (χ1n) is 20.4. The molecule has 6 rings (SSSR count). The third kappa shape index (κ3) is 7.76. The molecule has 0 N–H and O–H groups in total. The summed E-state index contributed by atoms with van der Waals surface area (Å²) < 4.78 is 6.83. The van der Waals surface area contributed by atoms with Crippen molar-refractivity contribution in [1.29, 1.82) is 0 Å². The number of ether oxygens (including phenoxy) is 1. The molecule has 1 nitrogen and oxygen atoms in total. The van der Waals surface area contributed by atoms with E-state index >= 15 is 0 Å². The molecule has 276 valence electrons. The van der Waals surface area contributed by atoms with Gasteiger partial charge in [-0.2, -0.15) is 0 Å². The highest BCUT2D eigenvalue weighted by Gasteiger charge is 2.48. The van der Waals surface area contributed by atoms with Crippen LogP contribution in [-0.2, 0) is 18.3 Å². The number of rotatable bonds is 15. The molecular formula is C51H62OSi. The van der Waals surface area contributed by atoms with Gasteiger partial charge in [0.05, 0.1) is 0 Å². The molecule has 5 aromatic carbocycles. The Hall–Kier alpha value is -4.14. The first-order valence-corrected chi connectivity index (χ1v) is 22.9. The molecule has 1 aliphatic carbocycles. The predicted molar refractivity (Wildman–Crippen MR) is 234 cm³/mol. The summed E-state index contributed by atoms with van der Waals surface area (Å²) in [7, 11) is -2.38. The number of hydrogen-bond donors (Lipinski definition) is 0. The number of fused-ring (bicyclic) bond motifs is 3. The molecule has 0 saturated heterocycles. The van der Waals surface area contributed by atoms with Crippen molar-refractivity contribution in [2.75, 3.05) is 6.61 Å². The highest BCUT2D eigenvalue weighted by Crippen LogP contribution is 2.53. The lowest BCUT2D eigenvalue weighted by atomic mass is 9.85. The molecule has 0 heterocycles. The summed E-state index contributed by atoms with van der Waals surface area (Å²) in [4.78, 5) is 0. The van der Waals surface area contributed by atoms with Gasteiger partial charge in [-0.1, -0.05) is 189 Å². The third-order valence-electron chi connectivity index (χ3n) is 12.0.